The molecule has 0 aliphatic carbocycles. The second-order valence-corrected chi connectivity index (χ2v) is 6.98. The summed E-state index contributed by atoms with van der Waals surface area (Å²) in [5.74, 6) is 0. The summed E-state index contributed by atoms with van der Waals surface area (Å²) in [6.07, 6.45) is 1.35. The maximum absolute atomic E-state index is 5.93. The molecule has 1 fully saturated rings. The predicted molar refractivity (Wildman–Crippen MR) is 75.3 cm³/mol. The zero-order valence-corrected chi connectivity index (χ0v) is 12.1. The van der Waals surface area contributed by atoms with E-state index in [2.05, 4.69) is 57.8 Å². The van der Waals surface area contributed by atoms with Gasteiger partial charge in [-0.25, -0.2) is 0 Å². The van der Waals surface area contributed by atoms with Gasteiger partial charge in [0.1, 0.15) is 6.23 Å². The van der Waals surface area contributed by atoms with Gasteiger partial charge in [-0.05, 0) is 29.0 Å². The Morgan fingerprint density at radius 2 is 2.06 bits per heavy atom. The van der Waals surface area contributed by atoms with E-state index < -0.39 is 0 Å². The van der Waals surface area contributed by atoms with Crippen LogP contribution in [0.3, 0.4) is 0 Å². The van der Waals surface area contributed by atoms with Crippen molar-refractivity contribution in [1.82, 2.24) is 0 Å². The Morgan fingerprint density at radius 1 is 1.33 bits per heavy atom. The summed E-state index contributed by atoms with van der Waals surface area (Å²) in [7, 11) is 2.15. The Balaban J connectivity index is 2.15. The fourth-order valence-corrected chi connectivity index (χ4v) is 3.39. The topological polar surface area (TPSA) is 12.5 Å². The van der Waals surface area contributed by atoms with Gasteiger partial charge in [-0.3, -0.25) is 0 Å². The standard InChI is InChI=1S/C16H23NO/c1-15(2,3)11-6-7-13-12(10-11)16(4)8-9-18-14(16)17(13)5/h6-7,10,14H,8-9H2,1-5H3. The van der Waals surface area contributed by atoms with Crippen LogP contribution < -0.4 is 4.90 Å². The van der Waals surface area contributed by atoms with E-state index in [9.17, 15) is 0 Å². The number of hydrogen-bond donors (Lipinski definition) is 0. The molecule has 0 spiro atoms. The number of likely N-dealkylation sites (N-methyl/N-ethyl adjacent to an activating group) is 1. The van der Waals surface area contributed by atoms with Crippen molar-refractivity contribution in [2.75, 3.05) is 18.6 Å². The Labute approximate surface area is 110 Å². The van der Waals surface area contributed by atoms with Crippen LogP contribution in [0.25, 0.3) is 0 Å². The van der Waals surface area contributed by atoms with Gasteiger partial charge in [0, 0.05) is 18.2 Å². The van der Waals surface area contributed by atoms with Gasteiger partial charge < -0.3 is 9.64 Å². The molecule has 2 heterocycles. The molecule has 2 unspecified atom stereocenters. The molecule has 0 saturated carbocycles. The number of ether oxygens (including phenoxy) is 1. The first kappa shape index (κ1) is 12.0. The Morgan fingerprint density at radius 3 is 2.72 bits per heavy atom. The molecule has 2 aliphatic rings. The summed E-state index contributed by atoms with van der Waals surface area (Å²) < 4.78 is 5.93. The lowest BCUT2D eigenvalue weighted by molar-refractivity contribution is 0.0920. The average molecular weight is 245 g/mol. The lowest BCUT2D eigenvalue weighted by Crippen LogP contribution is -2.37. The lowest BCUT2D eigenvalue weighted by Gasteiger charge is -2.26. The van der Waals surface area contributed by atoms with Gasteiger partial charge >= 0.3 is 0 Å². The maximum atomic E-state index is 5.93. The summed E-state index contributed by atoms with van der Waals surface area (Å²) in [5.41, 5.74) is 4.62. The minimum Gasteiger partial charge on any atom is -0.357 e. The molecule has 2 nitrogen and oxygen atoms in total. The van der Waals surface area contributed by atoms with E-state index in [4.69, 9.17) is 4.74 Å². The fourth-order valence-electron chi connectivity index (χ4n) is 3.39. The molecule has 2 aliphatic heterocycles. The highest BCUT2D eigenvalue weighted by Crippen LogP contribution is 2.51. The number of hydrogen-bond acceptors (Lipinski definition) is 2. The van der Waals surface area contributed by atoms with Crippen LogP contribution in [-0.4, -0.2) is 19.9 Å². The van der Waals surface area contributed by atoms with Gasteiger partial charge in [-0.15, -0.1) is 0 Å². The summed E-state index contributed by atoms with van der Waals surface area (Å²) in [6.45, 7) is 10.1. The van der Waals surface area contributed by atoms with E-state index in [0.717, 1.165) is 13.0 Å². The van der Waals surface area contributed by atoms with Crippen molar-refractivity contribution >= 4 is 5.69 Å². The van der Waals surface area contributed by atoms with Crippen LogP contribution in [0.15, 0.2) is 18.2 Å². The highest BCUT2D eigenvalue weighted by molar-refractivity contribution is 5.65. The van der Waals surface area contributed by atoms with Gasteiger partial charge in [-0.1, -0.05) is 39.8 Å². The van der Waals surface area contributed by atoms with Gasteiger partial charge in [0.25, 0.3) is 0 Å². The van der Waals surface area contributed by atoms with Crippen molar-refractivity contribution in [3.05, 3.63) is 29.3 Å². The predicted octanol–water partition coefficient (Wildman–Crippen LogP) is 3.44. The van der Waals surface area contributed by atoms with Crippen molar-refractivity contribution in [2.24, 2.45) is 0 Å². The van der Waals surface area contributed by atoms with Crippen molar-refractivity contribution < 1.29 is 4.74 Å². The minimum absolute atomic E-state index is 0.172. The molecule has 0 N–H and O–H groups in total. The van der Waals surface area contributed by atoms with Crippen LogP contribution in [-0.2, 0) is 15.6 Å². The Hall–Kier alpha value is -1.02. The van der Waals surface area contributed by atoms with Crippen LogP contribution in [0.5, 0.6) is 0 Å². The first-order valence-corrected chi connectivity index (χ1v) is 6.83. The summed E-state index contributed by atoms with van der Waals surface area (Å²) in [4.78, 5) is 2.30. The van der Waals surface area contributed by atoms with E-state index in [-0.39, 0.29) is 17.1 Å². The quantitative estimate of drug-likeness (QED) is 0.694. The van der Waals surface area contributed by atoms with Gasteiger partial charge in [-0.2, -0.15) is 0 Å². The summed E-state index contributed by atoms with van der Waals surface area (Å²) in [5, 5.41) is 0. The van der Waals surface area contributed by atoms with Crippen molar-refractivity contribution in [3.8, 4) is 0 Å². The molecule has 0 amide bonds. The van der Waals surface area contributed by atoms with Crippen LogP contribution >= 0.6 is 0 Å². The van der Waals surface area contributed by atoms with Gasteiger partial charge in [0.2, 0.25) is 0 Å². The number of anilines is 1. The van der Waals surface area contributed by atoms with Crippen molar-refractivity contribution in [2.45, 2.75) is 51.2 Å². The highest BCUT2D eigenvalue weighted by Gasteiger charge is 2.50. The second kappa shape index (κ2) is 3.51. The molecule has 2 atom stereocenters. The molecule has 0 radical (unpaired) electrons. The van der Waals surface area contributed by atoms with E-state index in [1.54, 1.807) is 0 Å². The van der Waals surface area contributed by atoms with E-state index >= 15 is 0 Å². The molecule has 1 aromatic carbocycles. The van der Waals surface area contributed by atoms with E-state index in [1.165, 1.54) is 16.8 Å². The molecular weight excluding hydrogens is 222 g/mol. The van der Waals surface area contributed by atoms with Crippen LogP contribution in [0.1, 0.15) is 45.2 Å². The average Bonchev–Trinajstić information content (AvgIpc) is 2.77. The normalized spacial score (nSPS) is 30.5. The zero-order valence-electron chi connectivity index (χ0n) is 12.1. The molecule has 1 aromatic rings. The van der Waals surface area contributed by atoms with Crippen molar-refractivity contribution in [3.63, 3.8) is 0 Å². The third-order valence-electron chi connectivity index (χ3n) is 4.65. The first-order chi connectivity index (χ1) is 8.34. The molecule has 3 rings (SSSR count). The lowest BCUT2D eigenvalue weighted by atomic mass is 9.78. The smallest absolute Gasteiger partial charge is 0.139 e. The third-order valence-corrected chi connectivity index (χ3v) is 4.65. The zero-order chi connectivity index (χ0) is 13.1. The second-order valence-electron chi connectivity index (χ2n) is 6.98. The molecule has 1 saturated heterocycles. The molecule has 0 bridgehead atoms. The number of nitrogens with zero attached hydrogens (tertiary/aromatic N) is 1. The van der Waals surface area contributed by atoms with Gasteiger partial charge in [0.05, 0.1) is 6.61 Å². The third kappa shape index (κ3) is 1.45. The van der Waals surface area contributed by atoms with Crippen LogP contribution in [0.2, 0.25) is 0 Å². The highest BCUT2D eigenvalue weighted by atomic mass is 16.5. The SMILES string of the molecule is CN1c2ccc(C(C)(C)C)cc2C2(C)CCOC12. The molecular formula is C16H23NO. The first-order valence-electron chi connectivity index (χ1n) is 6.83. The minimum atomic E-state index is 0.172. The van der Waals surface area contributed by atoms with Crippen LogP contribution in [0.4, 0.5) is 5.69 Å². The molecule has 2 heteroatoms. The van der Waals surface area contributed by atoms with Gasteiger partial charge in [0.15, 0.2) is 0 Å². The van der Waals surface area contributed by atoms with E-state index in [0.29, 0.717) is 0 Å². The van der Waals surface area contributed by atoms with E-state index in [1.807, 2.05) is 0 Å². The number of rotatable bonds is 0. The van der Waals surface area contributed by atoms with Crippen LogP contribution in [0, 0.1) is 0 Å². The maximum Gasteiger partial charge on any atom is 0.139 e. The fraction of sp³-hybridized carbons (Fsp3) is 0.625. The summed E-state index contributed by atoms with van der Waals surface area (Å²) >= 11 is 0. The molecule has 98 valence electrons. The molecule has 18 heavy (non-hydrogen) atoms. The Bertz CT molecular complexity index is 488. The molecule has 0 aromatic heterocycles. The summed E-state index contributed by atoms with van der Waals surface area (Å²) in [6, 6.07) is 6.93. The van der Waals surface area contributed by atoms with Crippen molar-refractivity contribution in [1.29, 1.82) is 0 Å². The number of fused-ring (bicyclic) bond motifs is 3. The monoisotopic (exact) mass is 245 g/mol. The Kier molecular flexibility index (Phi) is 2.34. The number of benzene rings is 1. The largest absolute Gasteiger partial charge is 0.357 e.